The van der Waals surface area contributed by atoms with Crippen LogP contribution in [-0.4, -0.2) is 51.7 Å². The molecule has 0 saturated carbocycles. The Morgan fingerprint density at radius 1 is 0.973 bits per heavy atom. The lowest BCUT2D eigenvalue weighted by Gasteiger charge is -2.41. The van der Waals surface area contributed by atoms with E-state index in [1.54, 1.807) is 7.11 Å². The van der Waals surface area contributed by atoms with Crippen molar-refractivity contribution in [2.75, 3.05) is 39.9 Å². The quantitative estimate of drug-likeness (QED) is 0.400. The first-order valence-electron chi connectivity index (χ1n) is 13.6. The van der Waals surface area contributed by atoms with E-state index in [0.29, 0.717) is 45.1 Å². The summed E-state index contributed by atoms with van der Waals surface area (Å²) in [6, 6.07) is 16.3. The average molecular weight is 508 g/mol. The highest BCUT2D eigenvalue weighted by atomic mass is 16.5. The third kappa shape index (κ3) is 6.33. The Hall–Kier alpha value is -2.90. The molecule has 0 aromatic heterocycles. The second kappa shape index (κ2) is 12.6. The van der Waals surface area contributed by atoms with Crippen LogP contribution in [0.1, 0.15) is 50.7 Å². The Morgan fingerprint density at radius 3 is 2.16 bits per heavy atom. The lowest BCUT2D eigenvalue weighted by atomic mass is 9.69. The highest BCUT2D eigenvalue weighted by Gasteiger charge is 2.42. The fraction of sp³-hybridized carbons (Fsp3) is 0.533. The molecular formula is C30H41N3O4. The molecule has 2 aromatic rings. The molecule has 1 fully saturated rings. The largest absolute Gasteiger partial charge is 0.457 e. The maximum absolute atomic E-state index is 13.5. The fourth-order valence-corrected chi connectivity index (χ4v) is 5.56. The zero-order chi connectivity index (χ0) is 26.3. The van der Waals surface area contributed by atoms with Gasteiger partial charge in [-0.15, -0.1) is 0 Å². The normalized spacial score (nSPS) is 19.9. The summed E-state index contributed by atoms with van der Waals surface area (Å²) in [7, 11) is 1.73. The lowest BCUT2D eigenvalue weighted by molar-refractivity contribution is -0.129. The second-order valence-corrected chi connectivity index (χ2v) is 10.8. The molecular weight excluding hydrogens is 466 g/mol. The van der Waals surface area contributed by atoms with Gasteiger partial charge in [-0.3, -0.25) is 9.59 Å². The number of piperidine rings is 1. The topological polar surface area (TPSA) is 88.7 Å². The van der Waals surface area contributed by atoms with Crippen molar-refractivity contribution in [1.82, 2.24) is 16.0 Å². The van der Waals surface area contributed by atoms with Crippen LogP contribution in [0.15, 0.2) is 48.5 Å². The summed E-state index contributed by atoms with van der Waals surface area (Å²) in [5.74, 6) is 1.64. The minimum Gasteiger partial charge on any atom is -0.457 e. The Morgan fingerprint density at radius 2 is 1.57 bits per heavy atom. The third-order valence-corrected chi connectivity index (χ3v) is 7.57. The van der Waals surface area contributed by atoms with Crippen LogP contribution in [0.4, 0.5) is 0 Å². The first-order valence-corrected chi connectivity index (χ1v) is 13.6. The number of methoxy groups -OCH3 is 1. The Bertz CT molecular complexity index is 1020. The van der Waals surface area contributed by atoms with Gasteiger partial charge in [-0.25, -0.2) is 0 Å². The molecule has 2 heterocycles. The van der Waals surface area contributed by atoms with Crippen LogP contribution in [0, 0.1) is 17.8 Å². The van der Waals surface area contributed by atoms with Crippen LogP contribution < -0.4 is 20.7 Å². The number of carbonyl (C=O) groups is 2. The summed E-state index contributed by atoms with van der Waals surface area (Å²) < 4.78 is 11.6. The smallest absolute Gasteiger partial charge is 0.224 e. The van der Waals surface area contributed by atoms with Crippen molar-refractivity contribution in [2.45, 2.75) is 44.9 Å². The van der Waals surface area contributed by atoms with Gasteiger partial charge in [0.25, 0.3) is 0 Å². The molecule has 2 amide bonds. The zero-order valence-electron chi connectivity index (χ0n) is 22.3. The van der Waals surface area contributed by atoms with Crippen LogP contribution in [0.2, 0.25) is 0 Å². The molecule has 1 unspecified atom stereocenters. The molecule has 4 rings (SSSR count). The van der Waals surface area contributed by atoms with Crippen molar-refractivity contribution < 1.29 is 19.1 Å². The number of unbranched alkanes of at least 4 members (excludes halogenated alkanes) is 1. The summed E-state index contributed by atoms with van der Waals surface area (Å²) >= 11 is 0. The van der Waals surface area contributed by atoms with Gasteiger partial charge in [0.1, 0.15) is 11.5 Å². The number of hydrogen-bond donors (Lipinski definition) is 3. The summed E-state index contributed by atoms with van der Waals surface area (Å²) in [5.41, 5.74) is 1.78. The number of carbonyl (C=O) groups excluding carboxylic acids is 2. The molecule has 3 N–H and O–H groups in total. The SMILES string of the molecule is COCCCCC1(CNC(=O)[C@@H]2CNCC(C(=O)NCC(C)C)C2)c2ccccc2Oc2ccccc21. The molecule has 2 atom stereocenters. The number of rotatable bonds is 11. The van der Waals surface area contributed by atoms with Crippen molar-refractivity contribution in [3.8, 4) is 11.5 Å². The maximum atomic E-state index is 13.5. The maximum Gasteiger partial charge on any atom is 0.224 e. The summed E-state index contributed by atoms with van der Waals surface area (Å²) in [6.45, 7) is 7.17. The van der Waals surface area contributed by atoms with Crippen molar-refractivity contribution in [1.29, 1.82) is 0 Å². The lowest BCUT2D eigenvalue weighted by Crippen LogP contribution is -2.51. The molecule has 0 spiro atoms. The van der Waals surface area contributed by atoms with Gasteiger partial charge in [0, 0.05) is 56.4 Å². The van der Waals surface area contributed by atoms with E-state index in [1.807, 2.05) is 36.4 Å². The van der Waals surface area contributed by atoms with Crippen molar-refractivity contribution in [2.24, 2.45) is 17.8 Å². The van der Waals surface area contributed by atoms with Gasteiger partial charge < -0.3 is 25.4 Å². The Labute approximate surface area is 220 Å². The van der Waals surface area contributed by atoms with Crippen molar-refractivity contribution >= 4 is 11.8 Å². The van der Waals surface area contributed by atoms with Crippen LogP contribution in [-0.2, 0) is 19.7 Å². The zero-order valence-corrected chi connectivity index (χ0v) is 22.3. The summed E-state index contributed by atoms with van der Waals surface area (Å²) in [4.78, 5) is 26.1. The molecule has 0 radical (unpaired) electrons. The highest BCUT2D eigenvalue weighted by molar-refractivity contribution is 5.83. The molecule has 200 valence electrons. The van der Waals surface area contributed by atoms with Crippen molar-refractivity contribution in [3.05, 3.63) is 59.7 Å². The van der Waals surface area contributed by atoms with E-state index < -0.39 is 5.41 Å². The molecule has 7 heteroatoms. The van der Waals surface area contributed by atoms with Gasteiger partial charge in [0.15, 0.2) is 0 Å². The highest BCUT2D eigenvalue weighted by Crippen LogP contribution is 2.50. The number of nitrogens with one attached hydrogen (secondary N) is 3. The molecule has 37 heavy (non-hydrogen) atoms. The van der Waals surface area contributed by atoms with Crippen LogP contribution >= 0.6 is 0 Å². The third-order valence-electron chi connectivity index (χ3n) is 7.57. The monoisotopic (exact) mass is 507 g/mol. The molecule has 0 bridgehead atoms. The standard InChI is InChI=1S/C30H41N3O4/c1-21(2)17-32-28(34)22-16-23(19-31-18-22)29(35)33-20-30(14-8-9-15-36-3)24-10-4-6-12-26(24)37-27-13-7-5-11-25(27)30/h4-7,10-13,21-23,31H,8-9,14-20H2,1-3H3,(H,32,34)(H,33,35)/t22?,23-/m0/s1. The number of benzene rings is 2. The van der Waals surface area contributed by atoms with Gasteiger partial charge in [-0.1, -0.05) is 50.2 Å². The molecule has 0 aliphatic carbocycles. The molecule has 7 nitrogen and oxygen atoms in total. The second-order valence-electron chi connectivity index (χ2n) is 10.8. The first-order chi connectivity index (χ1) is 17.9. The molecule has 2 aliphatic rings. The minimum absolute atomic E-state index is 0.00780. The summed E-state index contributed by atoms with van der Waals surface area (Å²) in [6.07, 6.45) is 3.31. The van der Waals surface area contributed by atoms with E-state index in [9.17, 15) is 9.59 Å². The van der Waals surface area contributed by atoms with Crippen molar-refractivity contribution in [3.63, 3.8) is 0 Å². The summed E-state index contributed by atoms with van der Waals surface area (Å²) in [5, 5.41) is 9.63. The number of ether oxygens (including phenoxy) is 2. The Balaban J connectivity index is 1.53. The minimum atomic E-state index is -0.412. The van der Waals surface area contributed by atoms with Crippen LogP contribution in [0.3, 0.4) is 0 Å². The van der Waals surface area contributed by atoms with Gasteiger partial charge in [0.2, 0.25) is 11.8 Å². The number of amides is 2. The average Bonchev–Trinajstić information content (AvgIpc) is 2.92. The van der Waals surface area contributed by atoms with Gasteiger partial charge in [-0.2, -0.15) is 0 Å². The van der Waals surface area contributed by atoms with Crippen LogP contribution in [0.25, 0.3) is 0 Å². The molecule has 2 aliphatic heterocycles. The number of hydrogen-bond acceptors (Lipinski definition) is 5. The van der Waals surface area contributed by atoms with Gasteiger partial charge in [0.05, 0.1) is 11.8 Å². The van der Waals surface area contributed by atoms with Gasteiger partial charge in [-0.05, 0) is 43.7 Å². The van der Waals surface area contributed by atoms with E-state index in [2.05, 4.69) is 41.9 Å². The number of fused-ring (bicyclic) bond motifs is 2. The molecule has 2 aromatic carbocycles. The van der Waals surface area contributed by atoms with E-state index in [0.717, 1.165) is 41.9 Å². The fourth-order valence-electron chi connectivity index (χ4n) is 5.56. The van der Waals surface area contributed by atoms with E-state index >= 15 is 0 Å². The first kappa shape index (κ1) is 27.1. The Kier molecular flexibility index (Phi) is 9.22. The predicted octanol–water partition coefficient (Wildman–Crippen LogP) is 4.01. The van der Waals surface area contributed by atoms with E-state index in [1.165, 1.54) is 0 Å². The van der Waals surface area contributed by atoms with E-state index in [-0.39, 0.29) is 23.7 Å². The predicted molar refractivity (Wildman–Crippen MR) is 145 cm³/mol. The van der Waals surface area contributed by atoms with E-state index in [4.69, 9.17) is 9.47 Å². The van der Waals surface area contributed by atoms with Gasteiger partial charge >= 0.3 is 0 Å². The molecule has 1 saturated heterocycles. The number of para-hydroxylation sites is 2. The van der Waals surface area contributed by atoms with Crippen LogP contribution in [0.5, 0.6) is 11.5 Å².